The van der Waals surface area contributed by atoms with Crippen LogP contribution in [0.4, 0.5) is 0 Å². The number of likely N-dealkylation sites (N-methyl/N-ethyl adjacent to an activating group) is 1. The summed E-state index contributed by atoms with van der Waals surface area (Å²) in [6.07, 6.45) is 0.806. The number of aliphatic hydroxyl groups excluding tert-OH is 1. The number of hydrogen-bond acceptors (Lipinski definition) is 4. The van der Waals surface area contributed by atoms with Crippen LogP contribution in [0.2, 0.25) is 0 Å². The molecule has 7 heteroatoms. The van der Waals surface area contributed by atoms with Gasteiger partial charge in [0.15, 0.2) is 0 Å². The number of carbonyl (C=O) groups is 2. The van der Waals surface area contributed by atoms with Crippen LogP contribution in [0.25, 0.3) is 10.9 Å². The van der Waals surface area contributed by atoms with Crippen molar-refractivity contribution in [2.45, 2.75) is 27.3 Å². The molecule has 0 aliphatic carbocycles. The summed E-state index contributed by atoms with van der Waals surface area (Å²) in [6, 6.07) is 25.6. The molecule has 0 radical (unpaired) electrons. The Bertz CT molecular complexity index is 1290. The van der Waals surface area contributed by atoms with Crippen molar-refractivity contribution in [2.24, 2.45) is 0 Å². The van der Waals surface area contributed by atoms with E-state index < -0.39 is 0 Å². The number of amides is 2. The van der Waals surface area contributed by atoms with Gasteiger partial charge in [0.05, 0.1) is 6.61 Å². The standard InChI is InChI=1S/C24H29N3O4.C7H8/c1-3-27(24(30)23-15-20-14-18(2)4-9-22(20)25-23)11-10-26(17-29)16-19-5-7-21(8-6-19)31-13-12-28;1-7-5-3-2-4-6-7/h4-9,14-15,17,25,28H,3,10-13,16H2,1-2H3;2-6H,1H3. The van der Waals surface area contributed by atoms with E-state index in [1.807, 2.05) is 80.6 Å². The van der Waals surface area contributed by atoms with Gasteiger partial charge in [-0.25, -0.2) is 0 Å². The Hall–Kier alpha value is -4.10. The Labute approximate surface area is 224 Å². The molecule has 2 N–H and O–H groups in total. The van der Waals surface area contributed by atoms with Gasteiger partial charge < -0.3 is 24.6 Å². The van der Waals surface area contributed by atoms with Crippen molar-refractivity contribution in [2.75, 3.05) is 32.8 Å². The number of ether oxygens (including phenoxy) is 1. The van der Waals surface area contributed by atoms with Crippen molar-refractivity contribution in [1.82, 2.24) is 14.8 Å². The number of carbonyl (C=O) groups excluding carboxylic acids is 2. The van der Waals surface area contributed by atoms with E-state index in [-0.39, 0.29) is 19.1 Å². The average Bonchev–Trinajstić information content (AvgIpc) is 3.36. The predicted molar refractivity (Wildman–Crippen MR) is 151 cm³/mol. The number of nitrogens with one attached hydrogen (secondary N) is 1. The molecule has 3 aromatic carbocycles. The first kappa shape index (κ1) is 28.5. The molecule has 1 heterocycles. The zero-order valence-electron chi connectivity index (χ0n) is 22.4. The zero-order chi connectivity index (χ0) is 27.3. The predicted octanol–water partition coefficient (Wildman–Crippen LogP) is 4.96. The maximum Gasteiger partial charge on any atom is 0.270 e. The van der Waals surface area contributed by atoms with Gasteiger partial charge in [-0.1, -0.05) is 59.7 Å². The normalized spacial score (nSPS) is 10.4. The Morgan fingerprint density at radius 3 is 2.29 bits per heavy atom. The molecule has 7 nitrogen and oxygen atoms in total. The second kappa shape index (κ2) is 14.6. The van der Waals surface area contributed by atoms with Gasteiger partial charge in [-0.05, 0) is 56.7 Å². The number of benzene rings is 3. The fraction of sp³-hybridized carbons (Fsp3) is 0.290. The number of aromatic nitrogens is 1. The maximum atomic E-state index is 13.0. The van der Waals surface area contributed by atoms with Crippen molar-refractivity contribution >= 4 is 23.2 Å². The first-order valence-corrected chi connectivity index (χ1v) is 12.9. The molecule has 0 saturated carbocycles. The Morgan fingerprint density at radius 2 is 1.68 bits per heavy atom. The van der Waals surface area contributed by atoms with E-state index >= 15 is 0 Å². The van der Waals surface area contributed by atoms with Crippen LogP contribution in [-0.2, 0) is 11.3 Å². The second-order valence-electron chi connectivity index (χ2n) is 9.11. The van der Waals surface area contributed by atoms with E-state index in [0.29, 0.717) is 37.6 Å². The van der Waals surface area contributed by atoms with E-state index in [4.69, 9.17) is 9.84 Å². The largest absolute Gasteiger partial charge is 0.491 e. The van der Waals surface area contributed by atoms with Gasteiger partial charge in [0, 0.05) is 37.1 Å². The molecule has 0 bridgehead atoms. The average molecular weight is 516 g/mol. The molecule has 0 fully saturated rings. The lowest BCUT2D eigenvalue weighted by atomic mass is 10.2. The van der Waals surface area contributed by atoms with Crippen LogP contribution in [0.5, 0.6) is 5.75 Å². The van der Waals surface area contributed by atoms with Gasteiger partial charge in [0.25, 0.3) is 5.91 Å². The minimum absolute atomic E-state index is 0.0362. The van der Waals surface area contributed by atoms with Crippen molar-refractivity contribution in [1.29, 1.82) is 0 Å². The number of aliphatic hydroxyl groups is 1. The minimum atomic E-state index is -0.0763. The number of aromatic amines is 1. The summed E-state index contributed by atoms with van der Waals surface area (Å²) >= 11 is 0. The number of aryl methyl sites for hydroxylation is 2. The second-order valence-corrected chi connectivity index (χ2v) is 9.11. The molecule has 38 heavy (non-hydrogen) atoms. The molecular weight excluding hydrogens is 478 g/mol. The molecule has 2 amide bonds. The Balaban J connectivity index is 0.000000494. The van der Waals surface area contributed by atoms with E-state index in [1.165, 1.54) is 5.56 Å². The fourth-order valence-electron chi connectivity index (χ4n) is 3.98. The first-order chi connectivity index (χ1) is 18.4. The molecule has 1 aromatic heterocycles. The Morgan fingerprint density at radius 1 is 0.947 bits per heavy atom. The lowest BCUT2D eigenvalue weighted by molar-refractivity contribution is -0.118. The summed E-state index contributed by atoms with van der Waals surface area (Å²) in [5, 5.41) is 9.83. The highest BCUT2D eigenvalue weighted by Gasteiger charge is 2.17. The molecule has 0 unspecified atom stereocenters. The summed E-state index contributed by atoms with van der Waals surface area (Å²) in [6.45, 7) is 8.13. The van der Waals surface area contributed by atoms with Gasteiger partial charge in [-0.15, -0.1) is 0 Å². The lowest BCUT2D eigenvalue weighted by Gasteiger charge is -2.24. The maximum absolute atomic E-state index is 13.0. The number of nitrogens with zero attached hydrogens (tertiary/aromatic N) is 2. The molecule has 0 spiro atoms. The summed E-state index contributed by atoms with van der Waals surface area (Å²) < 4.78 is 5.35. The summed E-state index contributed by atoms with van der Waals surface area (Å²) in [4.78, 5) is 31.1. The van der Waals surface area contributed by atoms with E-state index in [2.05, 4.69) is 24.0 Å². The number of hydrogen-bond donors (Lipinski definition) is 2. The Kier molecular flexibility index (Phi) is 10.9. The van der Waals surface area contributed by atoms with E-state index in [1.54, 1.807) is 9.80 Å². The van der Waals surface area contributed by atoms with E-state index in [0.717, 1.165) is 28.4 Å². The van der Waals surface area contributed by atoms with Crippen LogP contribution in [0.15, 0.2) is 78.9 Å². The van der Waals surface area contributed by atoms with E-state index in [9.17, 15) is 9.59 Å². The van der Waals surface area contributed by atoms with Crippen LogP contribution in [0.1, 0.15) is 34.1 Å². The molecule has 4 rings (SSSR count). The quantitative estimate of drug-likeness (QED) is 0.277. The molecule has 0 atom stereocenters. The van der Waals surface area contributed by atoms with Gasteiger partial charge in [-0.2, -0.15) is 0 Å². The fourth-order valence-corrected chi connectivity index (χ4v) is 3.98. The highest BCUT2D eigenvalue weighted by molar-refractivity contribution is 5.98. The number of rotatable bonds is 11. The zero-order valence-corrected chi connectivity index (χ0v) is 22.4. The highest BCUT2D eigenvalue weighted by Crippen LogP contribution is 2.18. The van der Waals surface area contributed by atoms with Gasteiger partial charge in [0.1, 0.15) is 18.1 Å². The van der Waals surface area contributed by atoms with Crippen LogP contribution in [-0.4, -0.2) is 65.1 Å². The lowest BCUT2D eigenvalue weighted by Crippen LogP contribution is -2.38. The monoisotopic (exact) mass is 515 g/mol. The van der Waals surface area contributed by atoms with Crippen LogP contribution in [0, 0.1) is 13.8 Å². The number of fused-ring (bicyclic) bond motifs is 1. The van der Waals surface area contributed by atoms with Gasteiger partial charge >= 0.3 is 0 Å². The van der Waals surface area contributed by atoms with Gasteiger partial charge in [-0.3, -0.25) is 9.59 Å². The summed E-state index contributed by atoms with van der Waals surface area (Å²) in [7, 11) is 0. The van der Waals surface area contributed by atoms with Crippen LogP contribution < -0.4 is 4.74 Å². The highest BCUT2D eigenvalue weighted by atomic mass is 16.5. The van der Waals surface area contributed by atoms with Gasteiger partial charge in [0.2, 0.25) is 6.41 Å². The molecule has 0 aliphatic heterocycles. The van der Waals surface area contributed by atoms with Crippen LogP contribution >= 0.6 is 0 Å². The minimum Gasteiger partial charge on any atom is -0.491 e. The van der Waals surface area contributed by atoms with Crippen molar-refractivity contribution in [3.8, 4) is 5.75 Å². The first-order valence-electron chi connectivity index (χ1n) is 12.9. The summed E-state index contributed by atoms with van der Waals surface area (Å²) in [5.41, 5.74) is 4.92. The molecule has 4 aromatic rings. The van der Waals surface area contributed by atoms with Crippen molar-refractivity contribution in [3.05, 3.63) is 101 Å². The molecule has 0 saturated heterocycles. The van der Waals surface area contributed by atoms with Crippen LogP contribution in [0.3, 0.4) is 0 Å². The van der Waals surface area contributed by atoms with Crippen molar-refractivity contribution < 1.29 is 19.4 Å². The third-order valence-electron chi connectivity index (χ3n) is 6.09. The molecule has 200 valence electrons. The smallest absolute Gasteiger partial charge is 0.270 e. The number of H-pyrrole nitrogens is 1. The third-order valence-corrected chi connectivity index (χ3v) is 6.09. The molecule has 0 aliphatic rings. The molecular formula is C31H37N3O4. The third kappa shape index (κ3) is 8.49. The summed E-state index contributed by atoms with van der Waals surface area (Å²) in [5.74, 6) is 0.597. The topological polar surface area (TPSA) is 85.9 Å². The SMILES string of the molecule is CCN(CCN(C=O)Cc1ccc(OCCO)cc1)C(=O)c1cc2cc(C)ccc2[nH]1.Cc1ccccc1. The van der Waals surface area contributed by atoms with Crippen molar-refractivity contribution in [3.63, 3.8) is 0 Å².